The smallest absolute Gasteiger partial charge is 0.227 e. The van der Waals surface area contributed by atoms with Gasteiger partial charge in [-0.2, -0.15) is 0 Å². The van der Waals surface area contributed by atoms with Gasteiger partial charge in [-0.15, -0.1) is 10.2 Å². The number of ether oxygens (including phenoxy) is 1. The molecule has 0 spiro atoms. The minimum Gasteiger partial charge on any atom is -0.496 e. The molecule has 124 valence electrons. The fraction of sp³-hybridized carbons (Fsp3) is 0.188. The summed E-state index contributed by atoms with van der Waals surface area (Å²) in [5.74, 6) is 1.80. The van der Waals surface area contributed by atoms with Crippen molar-refractivity contribution in [1.29, 1.82) is 0 Å². The molecule has 2 N–H and O–H groups in total. The van der Waals surface area contributed by atoms with E-state index in [1.54, 1.807) is 13.4 Å². The molecule has 3 aromatic rings. The average molecular weight is 344 g/mol. The van der Waals surface area contributed by atoms with E-state index in [0.717, 1.165) is 11.3 Å². The van der Waals surface area contributed by atoms with Crippen LogP contribution in [0.15, 0.2) is 52.2 Å². The largest absolute Gasteiger partial charge is 0.496 e. The van der Waals surface area contributed by atoms with Crippen LogP contribution >= 0.6 is 11.8 Å². The summed E-state index contributed by atoms with van der Waals surface area (Å²) in [4.78, 5) is 11.1. The van der Waals surface area contributed by atoms with Crippen LogP contribution in [0.4, 0.5) is 0 Å². The van der Waals surface area contributed by atoms with E-state index in [9.17, 15) is 4.79 Å². The van der Waals surface area contributed by atoms with Crippen LogP contribution in [0.25, 0.3) is 11.4 Å². The molecule has 2 aromatic heterocycles. The van der Waals surface area contributed by atoms with Crippen LogP contribution in [0.3, 0.4) is 0 Å². The Labute approximate surface area is 142 Å². The van der Waals surface area contributed by atoms with Crippen LogP contribution < -0.4 is 10.5 Å². The van der Waals surface area contributed by atoms with Gasteiger partial charge in [-0.25, -0.2) is 0 Å². The molecule has 0 aliphatic rings. The lowest BCUT2D eigenvalue weighted by Gasteiger charge is -2.11. The molecule has 1 amide bonds. The van der Waals surface area contributed by atoms with E-state index in [2.05, 4.69) is 10.2 Å². The highest BCUT2D eigenvalue weighted by Gasteiger charge is 2.18. The van der Waals surface area contributed by atoms with Crippen LogP contribution in [0.2, 0.25) is 0 Å². The highest BCUT2D eigenvalue weighted by Crippen LogP contribution is 2.31. The van der Waals surface area contributed by atoms with E-state index in [0.29, 0.717) is 23.3 Å². The van der Waals surface area contributed by atoms with Crippen molar-refractivity contribution in [3.05, 3.63) is 48.4 Å². The summed E-state index contributed by atoms with van der Waals surface area (Å²) in [6, 6.07) is 11.2. The number of carbonyl (C=O) groups is 1. The monoisotopic (exact) mass is 344 g/mol. The second-order valence-electron chi connectivity index (χ2n) is 4.93. The van der Waals surface area contributed by atoms with Crippen molar-refractivity contribution >= 4 is 17.7 Å². The number of hydrogen-bond acceptors (Lipinski definition) is 6. The molecule has 0 aliphatic carbocycles. The molecule has 0 radical (unpaired) electrons. The second-order valence-corrected chi connectivity index (χ2v) is 5.87. The van der Waals surface area contributed by atoms with Gasteiger partial charge < -0.3 is 14.9 Å². The van der Waals surface area contributed by atoms with Crippen LogP contribution in [-0.2, 0) is 11.3 Å². The SMILES string of the molecule is COc1ccccc1-c1nnc(SCC(N)=O)n1Cc1ccco1. The maximum atomic E-state index is 11.1. The molecule has 0 aliphatic heterocycles. The Morgan fingerprint density at radius 3 is 2.83 bits per heavy atom. The number of rotatable bonds is 7. The van der Waals surface area contributed by atoms with Gasteiger partial charge in [-0.05, 0) is 24.3 Å². The summed E-state index contributed by atoms with van der Waals surface area (Å²) in [6.07, 6.45) is 1.61. The van der Waals surface area contributed by atoms with E-state index in [-0.39, 0.29) is 5.75 Å². The van der Waals surface area contributed by atoms with Crippen molar-refractivity contribution < 1.29 is 13.9 Å². The third-order valence-electron chi connectivity index (χ3n) is 3.30. The van der Waals surface area contributed by atoms with Gasteiger partial charge in [-0.1, -0.05) is 23.9 Å². The van der Waals surface area contributed by atoms with Crippen molar-refractivity contribution in [3.8, 4) is 17.1 Å². The van der Waals surface area contributed by atoms with Gasteiger partial charge in [-0.3, -0.25) is 9.36 Å². The second kappa shape index (κ2) is 7.22. The first-order chi connectivity index (χ1) is 11.7. The summed E-state index contributed by atoms with van der Waals surface area (Å²) >= 11 is 1.24. The highest BCUT2D eigenvalue weighted by molar-refractivity contribution is 7.99. The lowest BCUT2D eigenvalue weighted by atomic mass is 10.2. The standard InChI is InChI=1S/C16H16N4O3S/c1-22-13-7-3-2-6-12(13)15-18-19-16(24-10-14(17)21)20(15)9-11-5-4-8-23-11/h2-8H,9-10H2,1H3,(H2,17,21). The Hall–Kier alpha value is -2.74. The maximum absolute atomic E-state index is 11.1. The molecule has 24 heavy (non-hydrogen) atoms. The van der Waals surface area contributed by atoms with E-state index in [4.69, 9.17) is 14.9 Å². The molecule has 7 nitrogen and oxygen atoms in total. The van der Waals surface area contributed by atoms with Crippen LogP contribution in [0.5, 0.6) is 5.75 Å². The molecular weight excluding hydrogens is 328 g/mol. The normalized spacial score (nSPS) is 10.7. The van der Waals surface area contributed by atoms with Crippen molar-refractivity contribution in [1.82, 2.24) is 14.8 Å². The molecule has 0 fully saturated rings. The number of amides is 1. The van der Waals surface area contributed by atoms with Gasteiger partial charge in [0.25, 0.3) is 0 Å². The lowest BCUT2D eigenvalue weighted by Crippen LogP contribution is -2.14. The van der Waals surface area contributed by atoms with E-state index in [1.807, 2.05) is 41.0 Å². The summed E-state index contributed by atoms with van der Waals surface area (Å²) in [5.41, 5.74) is 6.04. The number of carbonyl (C=O) groups excluding carboxylic acids is 1. The molecule has 0 atom stereocenters. The van der Waals surface area contributed by atoms with Gasteiger partial charge in [0, 0.05) is 0 Å². The fourth-order valence-electron chi connectivity index (χ4n) is 2.26. The number of nitrogens with two attached hydrogens (primary N) is 1. The fourth-order valence-corrected chi connectivity index (χ4v) is 2.94. The molecule has 2 heterocycles. The molecule has 0 bridgehead atoms. The van der Waals surface area contributed by atoms with Crippen LogP contribution in [-0.4, -0.2) is 33.5 Å². The zero-order valence-electron chi connectivity index (χ0n) is 13.0. The van der Waals surface area contributed by atoms with Gasteiger partial charge in [0.05, 0.1) is 31.2 Å². The number of nitrogens with zero attached hydrogens (tertiary/aromatic N) is 3. The Morgan fingerprint density at radius 1 is 1.29 bits per heavy atom. The first-order valence-corrected chi connectivity index (χ1v) is 8.17. The Balaban J connectivity index is 2.03. The molecule has 1 aromatic carbocycles. The van der Waals surface area contributed by atoms with Gasteiger partial charge in [0.2, 0.25) is 5.91 Å². The van der Waals surface area contributed by atoms with E-state index < -0.39 is 5.91 Å². The van der Waals surface area contributed by atoms with Gasteiger partial charge in [0.1, 0.15) is 11.5 Å². The van der Waals surface area contributed by atoms with Crippen molar-refractivity contribution in [2.75, 3.05) is 12.9 Å². The number of thioether (sulfide) groups is 1. The minimum absolute atomic E-state index is 0.127. The van der Waals surface area contributed by atoms with Gasteiger partial charge >= 0.3 is 0 Å². The number of benzene rings is 1. The topological polar surface area (TPSA) is 96.2 Å². The summed E-state index contributed by atoms with van der Waals surface area (Å²) in [7, 11) is 1.61. The van der Waals surface area contributed by atoms with E-state index in [1.165, 1.54) is 11.8 Å². The molecule has 0 saturated heterocycles. The Morgan fingerprint density at radius 2 is 2.12 bits per heavy atom. The van der Waals surface area contributed by atoms with Crippen LogP contribution in [0, 0.1) is 0 Å². The zero-order chi connectivity index (χ0) is 16.9. The summed E-state index contributed by atoms with van der Waals surface area (Å²) in [6.45, 7) is 0.439. The van der Waals surface area contributed by atoms with Crippen LogP contribution in [0.1, 0.15) is 5.76 Å². The van der Waals surface area contributed by atoms with Crippen molar-refractivity contribution in [2.24, 2.45) is 5.73 Å². The third kappa shape index (κ3) is 3.43. The summed E-state index contributed by atoms with van der Waals surface area (Å²) < 4.78 is 12.7. The number of para-hydroxylation sites is 1. The molecule has 0 unspecified atom stereocenters. The number of methoxy groups -OCH3 is 1. The molecule has 3 rings (SSSR count). The van der Waals surface area contributed by atoms with E-state index >= 15 is 0 Å². The first-order valence-electron chi connectivity index (χ1n) is 7.19. The Bertz CT molecular complexity index is 830. The summed E-state index contributed by atoms with van der Waals surface area (Å²) in [5, 5.41) is 9.05. The molecule has 8 heteroatoms. The lowest BCUT2D eigenvalue weighted by molar-refractivity contribution is -0.115. The number of hydrogen-bond donors (Lipinski definition) is 1. The molecular formula is C16H16N4O3S. The zero-order valence-corrected chi connectivity index (χ0v) is 13.8. The minimum atomic E-state index is -0.411. The Kier molecular flexibility index (Phi) is 4.85. The van der Waals surface area contributed by atoms with Gasteiger partial charge in [0.15, 0.2) is 11.0 Å². The number of primary amides is 1. The van der Waals surface area contributed by atoms with Crippen molar-refractivity contribution in [3.63, 3.8) is 0 Å². The highest BCUT2D eigenvalue weighted by atomic mass is 32.2. The quantitative estimate of drug-likeness (QED) is 0.660. The number of furan rings is 1. The molecule has 0 saturated carbocycles. The predicted molar refractivity (Wildman–Crippen MR) is 89.7 cm³/mol. The van der Waals surface area contributed by atoms with Crippen molar-refractivity contribution in [2.45, 2.75) is 11.7 Å². The third-order valence-corrected chi connectivity index (χ3v) is 4.29. The number of aromatic nitrogens is 3. The predicted octanol–water partition coefficient (Wildman–Crippen LogP) is 2.17. The maximum Gasteiger partial charge on any atom is 0.227 e. The first kappa shape index (κ1) is 16.1. The average Bonchev–Trinajstić information content (AvgIpc) is 3.23.